The van der Waals surface area contributed by atoms with Crippen LogP contribution in [0.25, 0.3) is 0 Å². The molecule has 0 aromatic heterocycles. The zero-order valence-corrected chi connectivity index (χ0v) is 16.5. The Hall–Kier alpha value is -1.81. The van der Waals surface area contributed by atoms with Crippen molar-refractivity contribution in [2.75, 3.05) is 12.3 Å². The predicted molar refractivity (Wildman–Crippen MR) is 101 cm³/mol. The molecule has 0 aliphatic carbocycles. The fraction of sp³-hybridized carbons (Fsp3) is 0.750. The highest BCUT2D eigenvalue weighted by molar-refractivity contribution is 7.80. The van der Waals surface area contributed by atoms with Gasteiger partial charge in [0.05, 0.1) is 6.54 Å². The van der Waals surface area contributed by atoms with Crippen molar-refractivity contribution in [3.63, 3.8) is 0 Å². The molecule has 3 unspecified atom stereocenters. The Labute approximate surface area is 159 Å². The number of aliphatic carboxylic acids is 1. The molecule has 0 spiro atoms. The summed E-state index contributed by atoms with van der Waals surface area (Å²) in [6, 6.07) is -2.94. The molecule has 0 aliphatic heterocycles. The highest BCUT2D eigenvalue weighted by Crippen LogP contribution is 2.08. The molecule has 0 saturated carbocycles. The Kier molecular flexibility index (Phi) is 10.9. The van der Waals surface area contributed by atoms with Crippen LogP contribution in [0.5, 0.6) is 0 Å². The van der Waals surface area contributed by atoms with Gasteiger partial charge in [0.15, 0.2) is 0 Å². The van der Waals surface area contributed by atoms with Gasteiger partial charge in [-0.2, -0.15) is 12.6 Å². The van der Waals surface area contributed by atoms with E-state index in [0.29, 0.717) is 6.42 Å². The summed E-state index contributed by atoms with van der Waals surface area (Å²) in [4.78, 5) is 47.6. The second-order valence-electron chi connectivity index (χ2n) is 6.77. The Morgan fingerprint density at radius 3 is 1.88 bits per heavy atom. The normalized spacial score (nSPS) is 14.5. The van der Waals surface area contributed by atoms with Gasteiger partial charge in [-0.05, 0) is 18.3 Å². The molecule has 0 aromatic carbocycles. The average Bonchev–Trinajstić information content (AvgIpc) is 2.54. The molecule has 3 amide bonds. The van der Waals surface area contributed by atoms with Crippen molar-refractivity contribution in [3.05, 3.63) is 0 Å². The highest BCUT2D eigenvalue weighted by Gasteiger charge is 2.30. The van der Waals surface area contributed by atoms with Crippen LogP contribution in [0.2, 0.25) is 0 Å². The summed E-state index contributed by atoms with van der Waals surface area (Å²) in [6.45, 7) is 6.99. The number of carbonyl (C=O) groups excluding carboxylic acids is 3. The summed E-state index contributed by atoms with van der Waals surface area (Å²) in [5, 5.41) is 16.5. The minimum atomic E-state index is -1.21. The summed E-state index contributed by atoms with van der Waals surface area (Å²) in [5.41, 5.74) is 5.26. The Bertz CT molecular complexity index is 513. The highest BCUT2D eigenvalue weighted by atomic mass is 32.1. The third-order valence-corrected chi connectivity index (χ3v) is 3.95. The van der Waals surface area contributed by atoms with Crippen LogP contribution < -0.4 is 21.7 Å². The molecular formula is C16H30N4O5S. The zero-order chi connectivity index (χ0) is 20.4. The molecule has 0 fully saturated rings. The predicted octanol–water partition coefficient (Wildman–Crippen LogP) is -0.884. The lowest BCUT2D eigenvalue weighted by atomic mass is 9.99. The number of hydrogen-bond acceptors (Lipinski definition) is 6. The fourth-order valence-electron chi connectivity index (χ4n) is 2.19. The van der Waals surface area contributed by atoms with Crippen LogP contribution in [0.4, 0.5) is 0 Å². The number of carboxylic acids is 1. The molecule has 0 aliphatic rings. The topological polar surface area (TPSA) is 151 Å². The third kappa shape index (κ3) is 8.52. The van der Waals surface area contributed by atoms with Crippen molar-refractivity contribution in [1.29, 1.82) is 0 Å². The molecule has 0 heterocycles. The van der Waals surface area contributed by atoms with E-state index in [1.807, 2.05) is 13.8 Å². The maximum absolute atomic E-state index is 12.5. The number of carbonyl (C=O) groups is 4. The molecule has 0 bridgehead atoms. The first-order chi connectivity index (χ1) is 12.0. The van der Waals surface area contributed by atoms with Gasteiger partial charge in [-0.25, -0.2) is 4.79 Å². The lowest BCUT2D eigenvalue weighted by Gasteiger charge is -2.26. The molecule has 0 saturated heterocycles. The van der Waals surface area contributed by atoms with Crippen LogP contribution in [-0.4, -0.2) is 59.2 Å². The van der Waals surface area contributed by atoms with Gasteiger partial charge >= 0.3 is 5.97 Å². The first-order valence-corrected chi connectivity index (χ1v) is 9.10. The van der Waals surface area contributed by atoms with Crippen molar-refractivity contribution in [2.45, 2.75) is 52.2 Å². The van der Waals surface area contributed by atoms with Gasteiger partial charge in [0.2, 0.25) is 17.7 Å². The summed E-state index contributed by atoms with van der Waals surface area (Å²) < 4.78 is 0. The molecule has 6 N–H and O–H groups in total. The van der Waals surface area contributed by atoms with Gasteiger partial charge in [0, 0.05) is 5.75 Å². The summed E-state index contributed by atoms with van der Waals surface area (Å²) in [7, 11) is 0. The lowest BCUT2D eigenvalue weighted by Crippen LogP contribution is -2.57. The van der Waals surface area contributed by atoms with Crippen molar-refractivity contribution in [2.24, 2.45) is 17.6 Å². The van der Waals surface area contributed by atoms with Gasteiger partial charge in [0.1, 0.15) is 18.1 Å². The fourth-order valence-corrected chi connectivity index (χ4v) is 2.44. The number of nitrogens with one attached hydrogen (secondary N) is 3. The molecule has 0 radical (unpaired) electrons. The molecule has 150 valence electrons. The third-order valence-electron chi connectivity index (χ3n) is 3.59. The van der Waals surface area contributed by atoms with Crippen LogP contribution in [0, 0.1) is 11.8 Å². The first kappa shape index (κ1) is 24.2. The average molecular weight is 391 g/mol. The van der Waals surface area contributed by atoms with Crippen molar-refractivity contribution < 1.29 is 24.3 Å². The van der Waals surface area contributed by atoms with Crippen LogP contribution in [0.3, 0.4) is 0 Å². The number of rotatable bonds is 11. The smallest absolute Gasteiger partial charge is 0.327 e. The minimum absolute atomic E-state index is 0.0708. The lowest BCUT2D eigenvalue weighted by molar-refractivity contribution is -0.141. The van der Waals surface area contributed by atoms with E-state index < -0.39 is 41.8 Å². The second kappa shape index (κ2) is 11.7. The monoisotopic (exact) mass is 390 g/mol. The number of amides is 3. The van der Waals surface area contributed by atoms with E-state index in [9.17, 15) is 19.2 Å². The van der Waals surface area contributed by atoms with E-state index in [1.165, 1.54) is 0 Å². The minimum Gasteiger partial charge on any atom is -0.480 e. The Morgan fingerprint density at radius 1 is 0.962 bits per heavy atom. The van der Waals surface area contributed by atoms with Crippen molar-refractivity contribution in [3.8, 4) is 0 Å². The van der Waals surface area contributed by atoms with Gasteiger partial charge in [-0.3, -0.25) is 14.4 Å². The summed E-state index contributed by atoms with van der Waals surface area (Å²) >= 11 is 3.90. The van der Waals surface area contributed by atoms with Crippen molar-refractivity contribution >= 4 is 36.3 Å². The Balaban J connectivity index is 5.22. The number of carboxylic acid groups (broad SMARTS) is 1. The largest absolute Gasteiger partial charge is 0.480 e. The van der Waals surface area contributed by atoms with Gasteiger partial charge in [-0.15, -0.1) is 0 Å². The molecule has 10 heteroatoms. The molecular weight excluding hydrogens is 360 g/mol. The van der Waals surface area contributed by atoms with Crippen LogP contribution in [-0.2, 0) is 19.2 Å². The number of hydrogen-bond donors (Lipinski definition) is 6. The van der Waals surface area contributed by atoms with Crippen LogP contribution >= 0.6 is 12.6 Å². The maximum Gasteiger partial charge on any atom is 0.327 e. The van der Waals surface area contributed by atoms with Gasteiger partial charge < -0.3 is 26.8 Å². The SMILES string of the molecule is CC(C)CC(NC(=O)C(NC(=O)CN)C(C)C)C(=O)NC(CS)C(=O)O. The molecule has 9 nitrogen and oxygen atoms in total. The number of nitrogens with two attached hydrogens (primary N) is 1. The van der Waals surface area contributed by atoms with E-state index in [0.717, 1.165) is 0 Å². The summed E-state index contributed by atoms with van der Waals surface area (Å²) in [6.07, 6.45) is 0.312. The van der Waals surface area contributed by atoms with Gasteiger partial charge in [0.25, 0.3) is 0 Å². The van der Waals surface area contributed by atoms with E-state index in [4.69, 9.17) is 10.8 Å². The molecule has 0 rings (SSSR count). The zero-order valence-electron chi connectivity index (χ0n) is 15.6. The van der Waals surface area contributed by atoms with E-state index in [1.54, 1.807) is 13.8 Å². The van der Waals surface area contributed by atoms with E-state index in [-0.39, 0.29) is 24.1 Å². The molecule has 3 atom stereocenters. The number of thiol groups is 1. The van der Waals surface area contributed by atoms with Crippen LogP contribution in [0.1, 0.15) is 34.1 Å². The quantitative estimate of drug-likeness (QED) is 0.252. The van der Waals surface area contributed by atoms with Crippen molar-refractivity contribution in [1.82, 2.24) is 16.0 Å². The van der Waals surface area contributed by atoms with E-state index >= 15 is 0 Å². The molecule has 26 heavy (non-hydrogen) atoms. The Morgan fingerprint density at radius 2 is 1.50 bits per heavy atom. The van der Waals surface area contributed by atoms with Gasteiger partial charge in [-0.1, -0.05) is 27.7 Å². The standard InChI is InChI=1S/C16H30N4O5S/c1-8(2)5-10(14(22)19-11(7-26)16(24)25)18-15(23)13(9(3)4)20-12(21)6-17/h8-11,13,26H,5-7,17H2,1-4H3,(H,18,23)(H,19,22)(H,20,21)(H,24,25). The second-order valence-corrected chi connectivity index (χ2v) is 7.13. The maximum atomic E-state index is 12.5. The van der Waals surface area contributed by atoms with E-state index in [2.05, 4.69) is 28.6 Å². The van der Waals surface area contributed by atoms with Crippen LogP contribution in [0.15, 0.2) is 0 Å². The first-order valence-electron chi connectivity index (χ1n) is 8.47. The summed E-state index contributed by atoms with van der Waals surface area (Å²) in [5.74, 6) is -3.06. The molecule has 0 aromatic rings.